The Hall–Kier alpha value is -1.15. The van der Waals surface area contributed by atoms with Crippen molar-refractivity contribution in [3.63, 3.8) is 0 Å². The first-order valence-electron chi connectivity index (χ1n) is 4.79. The third kappa shape index (κ3) is 4.26. The van der Waals surface area contributed by atoms with Crippen LogP contribution in [0.3, 0.4) is 0 Å². The predicted octanol–water partition coefficient (Wildman–Crippen LogP) is 2.90. The van der Waals surface area contributed by atoms with Crippen molar-refractivity contribution >= 4 is 23.2 Å². The molecule has 0 aliphatic rings. The Bertz CT molecular complexity index is 346. The largest absolute Gasteiger partial charge is 0.300 e. The van der Waals surface area contributed by atoms with E-state index in [2.05, 4.69) is 0 Å². The van der Waals surface area contributed by atoms with E-state index in [4.69, 9.17) is 11.6 Å². The average Bonchev–Trinajstić information content (AvgIpc) is 2.17. The van der Waals surface area contributed by atoms with E-state index < -0.39 is 0 Å². The number of benzene rings is 1. The van der Waals surface area contributed by atoms with Crippen LogP contribution in [0.5, 0.6) is 0 Å². The molecule has 0 aliphatic carbocycles. The van der Waals surface area contributed by atoms with Crippen LogP contribution in [-0.4, -0.2) is 11.6 Å². The molecule has 0 fully saturated rings. The molecule has 0 spiro atoms. The summed E-state index contributed by atoms with van der Waals surface area (Å²) in [5.74, 6) is -0.219. The molecule has 0 N–H and O–H groups in total. The maximum Gasteiger partial charge on any atom is 0.142 e. The number of carbonyl (C=O) groups is 2. The number of ketones is 2. The van der Waals surface area contributed by atoms with Crippen molar-refractivity contribution < 1.29 is 9.59 Å². The zero-order chi connectivity index (χ0) is 11.3. The number of Topliss-reactive ketones (excluding diaryl/α,β-unsaturated/α-hetero) is 2. The highest BCUT2D eigenvalue weighted by atomic mass is 35.5. The Morgan fingerprint density at radius 2 is 1.87 bits per heavy atom. The van der Waals surface area contributed by atoms with Crippen LogP contribution in [0.1, 0.15) is 30.7 Å². The predicted molar refractivity (Wildman–Crippen MR) is 60.0 cm³/mol. The van der Waals surface area contributed by atoms with Gasteiger partial charge < -0.3 is 0 Å². The molecule has 3 heteroatoms. The zero-order valence-corrected chi connectivity index (χ0v) is 9.33. The first kappa shape index (κ1) is 11.9. The van der Waals surface area contributed by atoms with Crippen molar-refractivity contribution in [2.24, 2.45) is 0 Å². The van der Waals surface area contributed by atoms with E-state index in [-0.39, 0.29) is 29.8 Å². The molecule has 1 atom stereocenters. The van der Waals surface area contributed by atoms with Gasteiger partial charge in [-0.15, -0.1) is 11.6 Å². The number of hydrogen-bond donors (Lipinski definition) is 0. The quantitative estimate of drug-likeness (QED) is 0.569. The van der Waals surface area contributed by atoms with Gasteiger partial charge >= 0.3 is 0 Å². The minimum atomic E-state index is -0.335. The van der Waals surface area contributed by atoms with Crippen LogP contribution in [0.2, 0.25) is 0 Å². The van der Waals surface area contributed by atoms with Crippen LogP contribution in [-0.2, 0) is 9.59 Å². The molecule has 1 aromatic rings. The molecule has 0 aromatic heterocycles. The lowest BCUT2D eigenvalue weighted by Crippen LogP contribution is -2.07. The van der Waals surface area contributed by atoms with E-state index in [1.54, 1.807) is 0 Å². The van der Waals surface area contributed by atoms with Gasteiger partial charge in [0.15, 0.2) is 0 Å². The topological polar surface area (TPSA) is 34.1 Å². The van der Waals surface area contributed by atoms with Gasteiger partial charge in [-0.3, -0.25) is 9.59 Å². The van der Waals surface area contributed by atoms with Gasteiger partial charge in [0, 0.05) is 6.42 Å². The molecule has 0 saturated heterocycles. The maximum absolute atomic E-state index is 11.3. The summed E-state index contributed by atoms with van der Waals surface area (Å²) in [6.07, 6.45) is 0.196. The highest BCUT2D eigenvalue weighted by Gasteiger charge is 2.13. The lowest BCUT2D eigenvalue weighted by atomic mass is 10.0. The molecule has 0 heterocycles. The van der Waals surface area contributed by atoms with Gasteiger partial charge in [-0.25, -0.2) is 0 Å². The third-order valence-electron chi connectivity index (χ3n) is 2.01. The summed E-state index contributed by atoms with van der Waals surface area (Å²) in [4.78, 5) is 22.0. The van der Waals surface area contributed by atoms with Gasteiger partial charge in [0.05, 0.1) is 11.8 Å². The number of carbonyl (C=O) groups excluding carboxylic acids is 2. The Kier molecular flexibility index (Phi) is 4.50. The fraction of sp³-hybridized carbons (Fsp3) is 0.333. The summed E-state index contributed by atoms with van der Waals surface area (Å²) < 4.78 is 0. The number of hydrogen-bond acceptors (Lipinski definition) is 2. The van der Waals surface area contributed by atoms with Crippen LogP contribution in [0.4, 0.5) is 0 Å². The normalized spacial score (nSPS) is 12.1. The Morgan fingerprint density at radius 1 is 1.27 bits per heavy atom. The number of halogens is 1. The fourth-order valence-corrected chi connectivity index (χ4v) is 1.65. The first-order valence-corrected chi connectivity index (χ1v) is 5.23. The summed E-state index contributed by atoms with van der Waals surface area (Å²) in [6.45, 7) is 1.41. The Labute approximate surface area is 94.2 Å². The van der Waals surface area contributed by atoms with Gasteiger partial charge in [0.25, 0.3) is 0 Å². The van der Waals surface area contributed by atoms with E-state index >= 15 is 0 Å². The summed E-state index contributed by atoms with van der Waals surface area (Å²) in [7, 11) is 0. The molecule has 0 bridgehead atoms. The molecule has 80 valence electrons. The second kappa shape index (κ2) is 5.66. The zero-order valence-electron chi connectivity index (χ0n) is 8.57. The smallest absolute Gasteiger partial charge is 0.142 e. The molecule has 15 heavy (non-hydrogen) atoms. The van der Waals surface area contributed by atoms with E-state index in [0.717, 1.165) is 5.56 Å². The number of alkyl halides is 1. The standard InChI is InChI=1S/C12H13ClO2/c1-9(14)7-11(15)8-12(13)10-5-3-2-4-6-10/h2-6,12H,7-8H2,1H3. The fourth-order valence-electron chi connectivity index (χ4n) is 1.33. The van der Waals surface area contributed by atoms with Crippen molar-refractivity contribution in [2.45, 2.75) is 25.1 Å². The van der Waals surface area contributed by atoms with Crippen LogP contribution in [0, 0.1) is 0 Å². The number of rotatable bonds is 5. The molecule has 1 aromatic carbocycles. The van der Waals surface area contributed by atoms with Crippen molar-refractivity contribution in [1.29, 1.82) is 0 Å². The van der Waals surface area contributed by atoms with E-state index in [9.17, 15) is 9.59 Å². The summed E-state index contributed by atoms with van der Waals surface area (Å²) in [5.41, 5.74) is 0.913. The summed E-state index contributed by atoms with van der Waals surface area (Å²) in [6, 6.07) is 9.39. The lowest BCUT2D eigenvalue weighted by molar-refractivity contribution is -0.125. The van der Waals surface area contributed by atoms with Crippen molar-refractivity contribution in [2.75, 3.05) is 0 Å². The highest BCUT2D eigenvalue weighted by molar-refractivity contribution is 6.22. The molecule has 2 nitrogen and oxygen atoms in total. The minimum Gasteiger partial charge on any atom is -0.300 e. The van der Waals surface area contributed by atoms with Gasteiger partial charge in [0.2, 0.25) is 0 Å². The van der Waals surface area contributed by atoms with Gasteiger partial charge in [-0.2, -0.15) is 0 Å². The van der Waals surface area contributed by atoms with E-state index in [1.807, 2.05) is 30.3 Å². The maximum atomic E-state index is 11.3. The molecule has 0 saturated carbocycles. The van der Waals surface area contributed by atoms with E-state index in [1.165, 1.54) is 6.92 Å². The Morgan fingerprint density at radius 3 is 2.40 bits per heavy atom. The summed E-state index contributed by atoms with van der Waals surface area (Å²) >= 11 is 6.05. The minimum absolute atomic E-state index is 0.0178. The molecule has 0 radical (unpaired) electrons. The molecular formula is C12H13ClO2. The van der Waals surface area contributed by atoms with Crippen molar-refractivity contribution in [3.8, 4) is 0 Å². The SMILES string of the molecule is CC(=O)CC(=O)CC(Cl)c1ccccc1. The van der Waals surface area contributed by atoms with Crippen LogP contribution in [0.25, 0.3) is 0 Å². The van der Waals surface area contributed by atoms with Crippen LogP contribution >= 0.6 is 11.6 Å². The third-order valence-corrected chi connectivity index (χ3v) is 2.42. The molecule has 1 rings (SSSR count). The molecule has 0 aliphatic heterocycles. The summed E-state index contributed by atoms with van der Waals surface area (Å²) in [5, 5.41) is -0.335. The van der Waals surface area contributed by atoms with Crippen LogP contribution < -0.4 is 0 Å². The van der Waals surface area contributed by atoms with Crippen LogP contribution in [0.15, 0.2) is 30.3 Å². The van der Waals surface area contributed by atoms with Gasteiger partial charge in [-0.1, -0.05) is 30.3 Å². The first-order chi connectivity index (χ1) is 7.09. The van der Waals surface area contributed by atoms with Crippen molar-refractivity contribution in [3.05, 3.63) is 35.9 Å². The average molecular weight is 225 g/mol. The second-order valence-corrected chi connectivity index (χ2v) is 4.03. The second-order valence-electron chi connectivity index (χ2n) is 3.50. The van der Waals surface area contributed by atoms with Gasteiger partial charge in [0.1, 0.15) is 11.6 Å². The van der Waals surface area contributed by atoms with E-state index in [0.29, 0.717) is 0 Å². The molecular weight excluding hydrogens is 212 g/mol. The Balaban J connectivity index is 2.53. The lowest BCUT2D eigenvalue weighted by Gasteiger charge is -2.07. The molecule has 0 amide bonds. The molecule has 1 unspecified atom stereocenters. The monoisotopic (exact) mass is 224 g/mol. The highest BCUT2D eigenvalue weighted by Crippen LogP contribution is 2.24. The van der Waals surface area contributed by atoms with Gasteiger partial charge in [-0.05, 0) is 12.5 Å². The van der Waals surface area contributed by atoms with Crippen molar-refractivity contribution in [1.82, 2.24) is 0 Å².